The van der Waals surface area contributed by atoms with Crippen molar-refractivity contribution in [2.75, 3.05) is 13.1 Å². The summed E-state index contributed by atoms with van der Waals surface area (Å²) in [6.45, 7) is 16.9. The Hall–Kier alpha value is -0.300. The van der Waals surface area contributed by atoms with Crippen molar-refractivity contribution in [3.63, 3.8) is 0 Å². The summed E-state index contributed by atoms with van der Waals surface area (Å²) in [5.74, 6) is 3.15. The molecule has 18 heavy (non-hydrogen) atoms. The highest BCUT2D eigenvalue weighted by Gasteiger charge is 2.37. The third-order valence-electron chi connectivity index (χ3n) is 4.96. The maximum atomic E-state index is 2.72. The van der Waals surface area contributed by atoms with Crippen molar-refractivity contribution in [3.8, 4) is 0 Å². The van der Waals surface area contributed by atoms with E-state index in [1.165, 1.54) is 25.9 Å². The first-order valence-corrected chi connectivity index (χ1v) is 7.89. The Morgan fingerprint density at radius 2 is 1.17 bits per heavy atom. The first-order valence-electron chi connectivity index (χ1n) is 7.89. The van der Waals surface area contributed by atoms with E-state index < -0.39 is 0 Å². The van der Waals surface area contributed by atoms with E-state index in [2.05, 4.69) is 46.4 Å². The Kier molecular flexibility index (Phi) is 4.21. The lowest BCUT2D eigenvalue weighted by Crippen LogP contribution is -2.35. The van der Waals surface area contributed by atoms with Crippen molar-refractivity contribution >= 4 is 0 Å². The molecule has 2 bridgehead atoms. The van der Waals surface area contributed by atoms with Gasteiger partial charge in [0, 0.05) is 19.1 Å². The second kappa shape index (κ2) is 5.36. The zero-order valence-corrected chi connectivity index (χ0v) is 13.2. The summed E-state index contributed by atoms with van der Waals surface area (Å²) in [5, 5.41) is 0. The minimum absolute atomic E-state index is 0.702. The van der Waals surface area contributed by atoms with Crippen molar-refractivity contribution in [1.82, 2.24) is 4.90 Å². The molecule has 1 nitrogen and oxygen atoms in total. The molecule has 2 aliphatic heterocycles. The fourth-order valence-electron chi connectivity index (χ4n) is 4.24. The Bertz CT molecular complexity index is 297. The SMILES string of the molecule is CC(C)C1=C(C(C)C)C2CCC1CN(C(C)C)C2. The van der Waals surface area contributed by atoms with Crippen LogP contribution in [-0.4, -0.2) is 24.0 Å². The molecule has 3 rings (SSSR count). The number of fused-ring (bicyclic) bond motifs is 3. The van der Waals surface area contributed by atoms with E-state index in [-0.39, 0.29) is 0 Å². The topological polar surface area (TPSA) is 3.24 Å². The summed E-state index contributed by atoms with van der Waals surface area (Å²) in [4.78, 5) is 2.72. The maximum Gasteiger partial charge on any atom is 0.00502 e. The molecular weight excluding hydrogens is 218 g/mol. The molecule has 1 heteroatoms. The summed E-state index contributed by atoms with van der Waals surface area (Å²) in [6, 6.07) is 0.702. The van der Waals surface area contributed by atoms with Crippen molar-refractivity contribution < 1.29 is 0 Å². The zero-order chi connectivity index (χ0) is 13.4. The average Bonchev–Trinajstić information content (AvgIpc) is 2.57. The van der Waals surface area contributed by atoms with Crippen LogP contribution in [0.3, 0.4) is 0 Å². The van der Waals surface area contributed by atoms with Gasteiger partial charge >= 0.3 is 0 Å². The zero-order valence-electron chi connectivity index (χ0n) is 13.2. The van der Waals surface area contributed by atoms with Crippen molar-refractivity contribution in [2.45, 2.75) is 60.4 Å². The molecule has 3 aliphatic rings. The summed E-state index contributed by atoms with van der Waals surface area (Å²) in [7, 11) is 0. The van der Waals surface area contributed by atoms with Crippen LogP contribution in [0.4, 0.5) is 0 Å². The Balaban J connectivity index is 2.37. The molecule has 2 heterocycles. The van der Waals surface area contributed by atoms with Gasteiger partial charge in [-0.15, -0.1) is 0 Å². The average molecular weight is 249 g/mol. The normalized spacial score (nSPS) is 29.8. The van der Waals surface area contributed by atoms with Gasteiger partial charge in [-0.2, -0.15) is 0 Å². The molecule has 1 saturated heterocycles. The minimum Gasteiger partial charge on any atom is -0.300 e. The summed E-state index contributed by atoms with van der Waals surface area (Å²) >= 11 is 0. The van der Waals surface area contributed by atoms with Gasteiger partial charge in [0.1, 0.15) is 0 Å². The first-order chi connectivity index (χ1) is 8.41. The van der Waals surface area contributed by atoms with E-state index in [9.17, 15) is 0 Å². The molecule has 0 N–H and O–H groups in total. The maximum absolute atomic E-state index is 2.72. The van der Waals surface area contributed by atoms with Gasteiger partial charge in [-0.25, -0.2) is 0 Å². The van der Waals surface area contributed by atoms with Crippen LogP contribution in [0, 0.1) is 23.7 Å². The van der Waals surface area contributed by atoms with Gasteiger partial charge in [-0.05, 0) is 50.4 Å². The predicted molar refractivity (Wildman–Crippen MR) is 79.6 cm³/mol. The van der Waals surface area contributed by atoms with Crippen LogP contribution in [0.2, 0.25) is 0 Å². The number of nitrogens with zero attached hydrogens (tertiary/aromatic N) is 1. The van der Waals surface area contributed by atoms with E-state index in [1.807, 2.05) is 11.1 Å². The van der Waals surface area contributed by atoms with Gasteiger partial charge in [0.15, 0.2) is 0 Å². The fourth-order valence-corrected chi connectivity index (χ4v) is 4.24. The molecule has 0 aromatic heterocycles. The first kappa shape index (κ1) is 14.1. The lowest BCUT2D eigenvalue weighted by atomic mass is 9.71. The van der Waals surface area contributed by atoms with Gasteiger partial charge < -0.3 is 0 Å². The lowest BCUT2D eigenvalue weighted by molar-refractivity contribution is 0.204. The Morgan fingerprint density at radius 3 is 1.44 bits per heavy atom. The number of rotatable bonds is 3. The molecule has 0 aromatic carbocycles. The smallest absolute Gasteiger partial charge is 0.00502 e. The third-order valence-corrected chi connectivity index (χ3v) is 4.96. The quantitative estimate of drug-likeness (QED) is 0.672. The van der Waals surface area contributed by atoms with Gasteiger partial charge in [0.05, 0.1) is 0 Å². The molecule has 0 spiro atoms. The highest BCUT2D eigenvalue weighted by Crippen LogP contribution is 2.44. The van der Waals surface area contributed by atoms with Crippen LogP contribution in [-0.2, 0) is 0 Å². The van der Waals surface area contributed by atoms with E-state index in [4.69, 9.17) is 0 Å². The summed E-state index contributed by atoms with van der Waals surface area (Å²) in [5.41, 5.74) is 3.65. The van der Waals surface area contributed by atoms with Gasteiger partial charge in [0.25, 0.3) is 0 Å². The van der Waals surface area contributed by atoms with Crippen LogP contribution in [0.15, 0.2) is 11.1 Å². The van der Waals surface area contributed by atoms with Crippen molar-refractivity contribution in [1.29, 1.82) is 0 Å². The molecule has 0 saturated carbocycles. The summed E-state index contributed by atoms with van der Waals surface area (Å²) < 4.78 is 0. The standard InChI is InChI=1S/C17H31N/c1-11(2)16-14-7-8-15(17(16)12(3)4)10-18(9-14)13(5)6/h11-15H,7-10H2,1-6H3. The van der Waals surface area contributed by atoms with Crippen LogP contribution in [0.5, 0.6) is 0 Å². The largest absolute Gasteiger partial charge is 0.300 e. The van der Waals surface area contributed by atoms with E-state index >= 15 is 0 Å². The molecule has 104 valence electrons. The molecule has 1 aliphatic carbocycles. The molecule has 0 radical (unpaired) electrons. The fraction of sp³-hybridized carbons (Fsp3) is 0.882. The summed E-state index contributed by atoms with van der Waals surface area (Å²) in [6.07, 6.45) is 2.86. The monoisotopic (exact) mass is 249 g/mol. The van der Waals surface area contributed by atoms with Crippen molar-refractivity contribution in [3.05, 3.63) is 11.1 Å². The van der Waals surface area contributed by atoms with Gasteiger partial charge in [0.2, 0.25) is 0 Å². The molecule has 0 aromatic rings. The van der Waals surface area contributed by atoms with Crippen LogP contribution >= 0.6 is 0 Å². The highest BCUT2D eigenvalue weighted by atomic mass is 15.2. The van der Waals surface area contributed by atoms with Crippen LogP contribution in [0.1, 0.15) is 54.4 Å². The number of hydrogen-bond donors (Lipinski definition) is 0. The van der Waals surface area contributed by atoms with Crippen molar-refractivity contribution in [2.24, 2.45) is 23.7 Å². The van der Waals surface area contributed by atoms with E-state index in [0.29, 0.717) is 6.04 Å². The molecule has 2 atom stereocenters. The van der Waals surface area contributed by atoms with Crippen LogP contribution in [0.25, 0.3) is 0 Å². The van der Waals surface area contributed by atoms with E-state index in [0.717, 1.165) is 23.7 Å². The second-order valence-corrected chi connectivity index (χ2v) is 7.24. The van der Waals surface area contributed by atoms with Gasteiger partial charge in [-0.1, -0.05) is 38.8 Å². The molecular formula is C17H31N. The molecule has 0 amide bonds. The third kappa shape index (κ3) is 2.52. The Labute approximate surface area is 114 Å². The van der Waals surface area contributed by atoms with E-state index in [1.54, 1.807) is 0 Å². The minimum atomic E-state index is 0.702. The second-order valence-electron chi connectivity index (χ2n) is 7.24. The Morgan fingerprint density at radius 1 is 0.778 bits per heavy atom. The van der Waals surface area contributed by atoms with Crippen LogP contribution < -0.4 is 0 Å². The molecule has 2 unspecified atom stereocenters. The van der Waals surface area contributed by atoms with Gasteiger partial charge in [-0.3, -0.25) is 4.90 Å². The highest BCUT2D eigenvalue weighted by molar-refractivity contribution is 5.28. The number of hydrogen-bond acceptors (Lipinski definition) is 1. The lowest BCUT2D eigenvalue weighted by Gasteiger charge is -2.34. The molecule has 1 fully saturated rings. The predicted octanol–water partition coefficient (Wildman–Crippen LogP) is 4.35.